The molecule has 1 atom stereocenters. The fourth-order valence-electron chi connectivity index (χ4n) is 1.19. The molecule has 0 fully saturated rings. The van der Waals surface area contributed by atoms with Crippen molar-refractivity contribution in [3.8, 4) is 0 Å². The number of rotatable bonds is 2. The molecule has 1 unspecified atom stereocenters. The molecule has 0 saturated carbocycles. The van der Waals surface area contributed by atoms with Crippen molar-refractivity contribution in [1.82, 2.24) is 0 Å². The molecule has 4 heteroatoms. The summed E-state index contributed by atoms with van der Waals surface area (Å²) in [7, 11) is 0. The van der Waals surface area contributed by atoms with E-state index in [1.807, 2.05) is 6.07 Å². The van der Waals surface area contributed by atoms with E-state index < -0.39 is 0 Å². The summed E-state index contributed by atoms with van der Waals surface area (Å²) in [5.41, 5.74) is 1.15. The summed E-state index contributed by atoms with van der Waals surface area (Å²) in [6, 6.07) is 4.12. The lowest BCUT2D eigenvalue weighted by Gasteiger charge is -2.02. The van der Waals surface area contributed by atoms with E-state index in [2.05, 4.69) is 44.8 Å². The molecule has 2 heterocycles. The average molecular weight is 336 g/mol. The van der Waals surface area contributed by atoms with Crippen LogP contribution in [-0.4, -0.2) is 0 Å². The van der Waals surface area contributed by atoms with Gasteiger partial charge in [-0.3, -0.25) is 0 Å². The number of halogens is 2. The molecule has 0 amide bonds. The van der Waals surface area contributed by atoms with Crippen LogP contribution >= 0.6 is 43.2 Å². The van der Waals surface area contributed by atoms with E-state index >= 15 is 0 Å². The Bertz CT molecular complexity index is 400. The highest BCUT2D eigenvalue weighted by atomic mass is 79.9. The Hall–Kier alpha value is -0.0600. The topological polar surface area (TPSA) is 13.1 Å². The van der Waals surface area contributed by atoms with Gasteiger partial charge in [-0.2, -0.15) is 0 Å². The van der Waals surface area contributed by atoms with Gasteiger partial charge < -0.3 is 4.42 Å². The fourth-order valence-corrected chi connectivity index (χ4v) is 3.43. The molecule has 0 spiro atoms. The summed E-state index contributed by atoms with van der Waals surface area (Å²) in [6.45, 7) is 2.10. The van der Waals surface area contributed by atoms with E-state index in [0.29, 0.717) is 0 Å². The highest BCUT2D eigenvalue weighted by Crippen LogP contribution is 2.38. The largest absolute Gasteiger partial charge is 0.472 e. The van der Waals surface area contributed by atoms with Crippen LogP contribution in [-0.2, 0) is 0 Å². The Kier molecular flexibility index (Phi) is 3.14. The normalized spacial score (nSPS) is 13.1. The summed E-state index contributed by atoms with van der Waals surface area (Å²) in [4.78, 5) is 2.82. The molecule has 2 aromatic heterocycles. The van der Waals surface area contributed by atoms with Gasteiger partial charge in [-0.15, -0.1) is 11.3 Å². The van der Waals surface area contributed by atoms with E-state index in [4.69, 9.17) is 4.42 Å². The van der Waals surface area contributed by atoms with Crippen LogP contribution in [0.4, 0.5) is 0 Å². The monoisotopic (exact) mass is 334 g/mol. The second kappa shape index (κ2) is 4.21. The van der Waals surface area contributed by atoms with E-state index in [9.17, 15) is 0 Å². The molecule has 1 nitrogen and oxygen atoms in total. The minimum absolute atomic E-state index is 0.233. The van der Waals surface area contributed by atoms with Gasteiger partial charge in [0.05, 0.1) is 17.4 Å². The summed E-state index contributed by atoms with van der Waals surface area (Å²) in [6.07, 6.45) is 3.46. The molecule has 2 aromatic rings. The third-order valence-electron chi connectivity index (χ3n) is 1.96. The number of aryl methyl sites for hydroxylation is 1. The molecule has 0 aliphatic heterocycles. The minimum atomic E-state index is 0.233. The highest BCUT2D eigenvalue weighted by molar-refractivity contribution is 9.10. The van der Waals surface area contributed by atoms with Gasteiger partial charge in [0.2, 0.25) is 0 Å². The molecule has 0 aliphatic rings. The van der Waals surface area contributed by atoms with Crippen molar-refractivity contribution < 1.29 is 4.42 Å². The summed E-state index contributed by atoms with van der Waals surface area (Å²) < 4.78 is 6.23. The van der Waals surface area contributed by atoms with Gasteiger partial charge in [0.1, 0.15) is 0 Å². The smallest absolute Gasteiger partial charge is 0.0949 e. The van der Waals surface area contributed by atoms with Crippen LogP contribution in [0, 0.1) is 6.92 Å². The summed E-state index contributed by atoms with van der Waals surface area (Å²) in [5, 5.41) is 0. The van der Waals surface area contributed by atoms with Gasteiger partial charge in [-0.1, -0.05) is 15.9 Å². The van der Waals surface area contributed by atoms with Crippen molar-refractivity contribution in [3.05, 3.63) is 44.4 Å². The van der Waals surface area contributed by atoms with Crippen molar-refractivity contribution >= 4 is 43.2 Å². The van der Waals surface area contributed by atoms with Crippen LogP contribution in [0.2, 0.25) is 0 Å². The van der Waals surface area contributed by atoms with E-state index in [1.165, 1.54) is 14.2 Å². The van der Waals surface area contributed by atoms with Gasteiger partial charge in [0, 0.05) is 19.8 Å². The van der Waals surface area contributed by atoms with Crippen LogP contribution in [0.25, 0.3) is 0 Å². The van der Waals surface area contributed by atoms with Crippen molar-refractivity contribution in [3.63, 3.8) is 0 Å². The molecule has 0 bridgehead atoms. The number of hydrogen-bond acceptors (Lipinski definition) is 2. The van der Waals surface area contributed by atoms with Gasteiger partial charge in [-0.25, -0.2) is 0 Å². The summed E-state index contributed by atoms with van der Waals surface area (Å²) >= 11 is 8.95. The van der Waals surface area contributed by atoms with Crippen LogP contribution < -0.4 is 0 Å². The number of alkyl halides is 1. The Balaban J connectivity index is 2.32. The second-order valence-electron chi connectivity index (χ2n) is 2.97. The predicted molar refractivity (Wildman–Crippen MR) is 66.2 cm³/mol. The lowest BCUT2D eigenvalue weighted by Crippen LogP contribution is -1.84. The first-order chi connectivity index (χ1) is 6.68. The molecule has 0 aromatic carbocycles. The van der Waals surface area contributed by atoms with E-state index in [0.717, 1.165) is 5.56 Å². The lowest BCUT2D eigenvalue weighted by molar-refractivity contribution is 0.564. The minimum Gasteiger partial charge on any atom is -0.472 e. The maximum Gasteiger partial charge on any atom is 0.0949 e. The Morgan fingerprint density at radius 2 is 2.29 bits per heavy atom. The van der Waals surface area contributed by atoms with Crippen LogP contribution in [0.3, 0.4) is 0 Å². The lowest BCUT2D eigenvalue weighted by atomic mass is 10.2. The quantitative estimate of drug-likeness (QED) is 0.712. The molecule has 2 rings (SSSR count). The van der Waals surface area contributed by atoms with Crippen molar-refractivity contribution in [2.45, 2.75) is 11.8 Å². The molecular weight excluding hydrogens is 328 g/mol. The van der Waals surface area contributed by atoms with Crippen LogP contribution in [0.15, 0.2) is 33.5 Å². The first kappa shape index (κ1) is 10.5. The number of furan rings is 1. The fraction of sp³-hybridized carbons (Fsp3) is 0.200. The first-order valence-electron chi connectivity index (χ1n) is 4.10. The standard InChI is InChI=1S/C10H8Br2OS/c1-6-8(11)4-9(14-6)10(12)7-2-3-13-5-7/h2-5,10H,1H3. The zero-order valence-corrected chi connectivity index (χ0v) is 11.4. The molecule has 0 radical (unpaired) electrons. The van der Waals surface area contributed by atoms with Gasteiger partial charge in [-0.05, 0) is 35.0 Å². The van der Waals surface area contributed by atoms with E-state index in [1.54, 1.807) is 23.9 Å². The molecule has 14 heavy (non-hydrogen) atoms. The Morgan fingerprint density at radius 1 is 1.50 bits per heavy atom. The first-order valence-corrected chi connectivity index (χ1v) is 6.63. The van der Waals surface area contributed by atoms with Crippen LogP contribution in [0.1, 0.15) is 20.1 Å². The van der Waals surface area contributed by atoms with Crippen LogP contribution in [0.5, 0.6) is 0 Å². The van der Waals surface area contributed by atoms with E-state index in [-0.39, 0.29) is 4.83 Å². The Labute approximate surface area is 103 Å². The second-order valence-corrected chi connectivity index (χ2v) is 6.03. The zero-order chi connectivity index (χ0) is 10.1. The average Bonchev–Trinajstić information content (AvgIpc) is 2.76. The van der Waals surface area contributed by atoms with Crippen molar-refractivity contribution in [2.24, 2.45) is 0 Å². The summed E-state index contributed by atoms with van der Waals surface area (Å²) in [5.74, 6) is 0. The Morgan fingerprint density at radius 3 is 2.79 bits per heavy atom. The third kappa shape index (κ3) is 1.97. The van der Waals surface area contributed by atoms with Gasteiger partial charge in [0.25, 0.3) is 0 Å². The molecule has 0 aliphatic carbocycles. The predicted octanol–water partition coefficient (Wildman–Crippen LogP) is 4.90. The third-order valence-corrected chi connectivity index (χ3v) is 5.49. The van der Waals surface area contributed by atoms with Gasteiger partial charge in [0.15, 0.2) is 0 Å². The number of thiophene rings is 1. The molecular formula is C10H8Br2OS. The van der Waals surface area contributed by atoms with Crippen molar-refractivity contribution in [1.29, 1.82) is 0 Å². The maximum atomic E-state index is 5.06. The van der Waals surface area contributed by atoms with Crippen molar-refractivity contribution in [2.75, 3.05) is 0 Å². The zero-order valence-electron chi connectivity index (χ0n) is 7.46. The van der Waals surface area contributed by atoms with Gasteiger partial charge >= 0.3 is 0 Å². The molecule has 0 saturated heterocycles. The number of hydrogen-bond donors (Lipinski definition) is 0. The molecule has 0 N–H and O–H groups in total. The maximum absolute atomic E-state index is 5.06. The molecule has 74 valence electrons. The SMILES string of the molecule is Cc1sc(C(Br)c2ccoc2)cc1Br. The highest BCUT2D eigenvalue weighted by Gasteiger charge is 2.14.